The van der Waals surface area contributed by atoms with Crippen molar-refractivity contribution in [3.05, 3.63) is 41.8 Å². The molecule has 1 aromatic heterocycles. The van der Waals surface area contributed by atoms with Gasteiger partial charge in [0.25, 0.3) is 0 Å². The lowest BCUT2D eigenvalue weighted by atomic mass is 10.2. The highest BCUT2D eigenvalue weighted by molar-refractivity contribution is 5.26. The molecule has 5 heteroatoms. The SMILES string of the molecule is COc1ccc(COc2nc(CN)co2)cc1. The van der Waals surface area contributed by atoms with E-state index < -0.39 is 0 Å². The van der Waals surface area contributed by atoms with E-state index in [0.717, 1.165) is 11.3 Å². The van der Waals surface area contributed by atoms with E-state index in [1.807, 2.05) is 24.3 Å². The van der Waals surface area contributed by atoms with Crippen molar-refractivity contribution < 1.29 is 13.9 Å². The van der Waals surface area contributed by atoms with Crippen molar-refractivity contribution in [2.24, 2.45) is 5.73 Å². The molecule has 17 heavy (non-hydrogen) atoms. The molecule has 1 aromatic carbocycles. The van der Waals surface area contributed by atoms with Crippen LogP contribution in [0.25, 0.3) is 0 Å². The Bertz CT molecular complexity index is 465. The summed E-state index contributed by atoms with van der Waals surface area (Å²) < 4.78 is 15.5. The van der Waals surface area contributed by atoms with Gasteiger partial charge in [0.2, 0.25) is 0 Å². The molecule has 2 rings (SSSR count). The molecule has 0 saturated carbocycles. The zero-order chi connectivity index (χ0) is 12.1. The molecule has 0 spiro atoms. The molecule has 0 aliphatic rings. The first-order chi connectivity index (χ1) is 8.31. The number of methoxy groups -OCH3 is 1. The molecule has 90 valence electrons. The Morgan fingerprint density at radius 3 is 2.65 bits per heavy atom. The van der Waals surface area contributed by atoms with E-state index in [4.69, 9.17) is 19.6 Å². The number of nitrogens with two attached hydrogens (primary N) is 1. The zero-order valence-corrected chi connectivity index (χ0v) is 9.55. The average molecular weight is 234 g/mol. The molecule has 0 radical (unpaired) electrons. The summed E-state index contributed by atoms with van der Waals surface area (Å²) in [6.07, 6.45) is 1.73. The Kier molecular flexibility index (Phi) is 3.62. The fourth-order valence-electron chi connectivity index (χ4n) is 1.32. The summed E-state index contributed by atoms with van der Waals surface area (Å²) in [4.78, 5) is 4.04. The van der Waals surface area contributed by atoms with Gasteiger partial charge >= 0.3 is 6.08 Å². The Balaban J connectivity index is 1.92. The van der Waals surface area contributed by atoms with Crippen LogP contribution in [0.3, 0.4) is 0 Å². The van der Waals surface area contributed by atoms with Gasteiger partial charge in [0.1, 0.15) is 18.6 Å². The minimum atomic E-state index is 0.237. The lowest BCUT2D eigenvalue weighted by Gasteiger charge is -2.03. The van der Waals surface area contributed by atoms with Crippen molar-refractivity contribution in [2.45, 2.75) is 13.2 Å². The normalized spacial score (nSPS) is 10.2. The number of benzene rings is 1. The molecule has 0 fully saturated rings. The summed E-state index contributed by atoms with van der Waals surface area (Å²) >= 11 is 0. The summed E-state index contributed by atoms with van der Waals surface area (Å²) in [6.45, 7) is 0.740. The molecular weight excluding hydrogens is 220 g/mol. The minimum absolute atomic E-state index is 0.237. The standard InChI is InChI=1S/C12H14N2O3/c1-15-11-4-2-9(3-5-11)7-16-12-14-10(6-13)8-17-12/h2-5,8H,6-7,13H2,1H3. The van der Waals surface area contributed by atoms with Crippen LogP contribution in [0.2, 0.25) is 0 Å². The van der Waals surface area contributed by atoms with E-state index in [-0.39, 0.29) is 6.08 Å². The fourth-order valence-corrected chi connectivity index (χ4v) is 1.32. The van der Waals surface area contributed by atoms with Crippen molar-refractivity contribution in [1.82, 2.24) is 4.98 Å². The van der Waals surface area contributed by atoms with Crippen molar-refractivity contribution in [3.8, 4) is 11.8 Å². The Morgan fingerprint density at radius 1 is 1.29 bits per heavy atom. The van der Waals surface area contributed by atoms with Crippen LogP contribution in [0.4, 0.5) is 0 Å². The number of aromatic nitrogens is 1. The fraction of sp³-hybridized carbons (Fsp3) is 0.250. The van der Waals surface area contributed by atoms with E-state index in [2.05, 4.69) is 4.98 Å². The highest BCUT2D eigenvalue weighted by atomic mass is 16.6. The Morgan fingerprint density at radius 2 is 2.06 bits per heavy atom. The van der Waals surface area contributed by atoms with E-state index in [1.165, 1.54) is 6.26 Å². The summed E-state index contributed by atoms with van der Waals surface area (Å²) in [5.74, 6) is 0.815. The molecule has 0 aliphatic heterocycles. The van der Waals surface area contributed by atoms with Gasteiger partial charge < -0.3 is 19.6 Å². The predicted octanol–water partition coefficient (Wildman–Crippen LogP) is 1.72. The van der Waals surface area contributed by atoms with Crippen LogP contribution in [0.1, 0.15) is 11.3 Å². The van der Waals surface area contributed by atoms with Crippen LogP contribution in [-0.2, 0) is 13.2 Å². The maximum absolute atomic E-state index is 5.41. The van der Waals surface area contributed by atoms with Crippen molar-refractivity contribution in [2.75, 3.05) is 7.11 Å². The van der Waals surface area contributed by atoms with Gasteiger partial charge in [-0.3, -0.25) is 0 Å². The molecule has 0 amide bonds. The average Bonchev–Trinajstić information content (AvgIpc) is 2.85. The molecule has 0 atom stereocenters. The molecule has 0 unspecified atom stereocenters. The summed E-state index contributed by atoms with van der Waals surface area (Å²) in [5.41, 5.74) is 7.10. The number of ether oxygens (including phenoxy) is 2. The van der Waals surface area contributed by atoms with Gasteiger partial charge in [0.05, 0.1) is 12.8 Å². The third-order valence-corrected chi connectivity index (χ3v) is 2.26. The van der Waals surface area contributed by atoms with Crippen LogP contribution in [0.5, 0.6) is 11.8 Å². The largest absolute Gasteiger partial charge is 0.497 e. The summed E-state index contributed by atoms with van der Waals surface area (Å²) in [6, 6.07) is 7.59. The minimum Gasteiger partial charge on any atom is -0.497 e. The van der Waals surface area contributed by atoms with Gasteiger partial charge in [-0.15, -0.1) is 0 Å². The molecule has 5 nitrogen and oxygen atoms in total. The Labute approximate surface area is 99.2 Å². The van der Waals surface area contributed by atoms with Gasteiger partial charge in [0.15, 0.2) is 0 Å². The molecule has 2 N–H and O–H groups in total. The molecule has 2 aromatic rings. The Hall–Kier alpha value is -2.01. The second-order valence-electron chi connectivity index (χ2n) is 3.45. The first-order valence-electron chi connectivity index (χ1n) is 5.22. The van der Waals surface area contributed by atoms with Gasteiger partial charge in [0, 0.05) is 6.54 Å². The van der Waals surface area contributed by atoms with E-state index >= 15 is 0 Å². The molecule has 0 saturated heterocycles. The highest BCUT2D eigenvalue weighted by Gasteiger charge is 2.03. The smallest absolute Gasteiger partial charge is 0.394 e. The van der Waals surface area contributed by atoms with Crippen LogP contribution in [-0.4, -0.2) is 12.1 Å². The quantitative estimate of drug-likeness (QED) is 0.852. The topological polar surface area (TPSA) is 70.5 Å². The monoisotopic (exact) mass is 234 g/mol. The van der Waals surface area contributed by atoms with Crippen molar-refractivity contribution in [3.63, 3.8) is 0 Å². The second kappa shape index (κ2) is 5.36. The molecular formula is C12H14N2O3. The van der Waals surface area contributed by atoms with Crippen LogP contribution < -0.4 is 15.2 Å². The van der Waals surface area contributed by atoms with Crippen molar-refractivity contribution >= 4 is 0 Å². The first kappa shape index (κ1) is 11.5. The van der Waals surface area contributed by atoms with E-state index in [1.54, 1.807) is 7.11 Å². The van der Waals surface area contributed by atoms with Gasteiger partial charge in [-0.25, -0.2) is 0 Å². The predicted molar refractivity (Wildman–Crippen MR) is 61.7 cm³/mol. The van der Waals surface area contributed by atoms with Crippen LogP contribution >= 0.6 is 0 Å². The number of rotatable bonds is 5. The molecule has 0 bridgehead atoms. The van der Waals surface area contributed by atoms with Crippen LogP contribution in [0.15, 0.2) is 34.9 Å². The lowest BCUT2D eigenvalue weighted by Crippen LogP contribution is -1.98. The first-order valence-corrected chi connectivity index (χ1v) is 5.22. The van der Waals surface area contributed by atoms with Gasteiger partial charge in [-0.2, -0.15) is 4.98 Å². The number of hydrogen-bond acceptors (Lipinski definition) is 5. The van der Waals surface area contributed by atoms with Gasteiger partial charge in [-0.1, -0.05) is 12.1 Å². The zero-order valence-electron chi connectivity index (χ0n) is 9.55. The van der Waals surface area contributed by atoms with Gasteiger partial charge in [-0.05, 0) is 17.7 Å². The summed E-state index contributed by atoms with van der Waals surface area (Å²) in [7, 11) is 1.63. The highest BCUT2D eigenvalue weighted by Crippen LogP contribution is 2.14. The van der Waals surface area contributed by atoms with E-state index in [9.17, 15) is 0 Å². The third kappa shape index (κ3) is 2.98. The number of nitrogens with zero attached hydrogens (tertiary/aromatic N) is 1. The second-order valence-corrected chi connectivity index (χ2v) is 3.45. The molecule has 1 heterocycles. The molecule has 0 aliphatic carbocycles. The van der Waals surface area contributed by atoms with Crippen LogP contribution in [0, 0.1) is 0 Å². The third-order valence-electron chi connectivity index (χ3n) is 2.26. The van der Waals surface area contributed by atoms with E-state index in [0.29, 0.717) is 18.8 Å². The number of oxazole rings is 1. The lowest BCUT2D eigenvalue weighted by molar-refractivity contribution is 0.220. The maximum atomic E-state index is 5.41. The summed E-state index contributed by atoms with van der Waals surface area (Å²) in [5, 5.41) is 0. The van der Waals surface area contributed by atoms with Crippen molar-refractivity contribution in [1.29, 1.82) is 0 Å². The number of hydrogen-bond donors (Lipinski definition) is 1. The maximum Gasteiger partial charge on any atom is 0.394 e.